The van der Waals surface area contributed by atoms with Gasteiger partial charge in [-0.25, -0.2) is 13.6 Å². The van der Waals surface area contributed by atoms with E-state index in [4.69, 9.17) is 4.74 Å². The van der Waals surface area contributed by atoms with Crippen molar-refractivity contribution in [2.75, 3.05) is 0 Å². The third kappa shape index (κ3) is 7.36. The molecule has 0 bridgehead atoms. The first kappa shape index (κ1) is 18.4. The molecule has 0 aliphatic rings. The third-order valence-electron chi connectivity index (χ3n) is 2.86. The number of benzene rings is 1. The number of rotatable bonds is 6. The lowest BCUT2D eigenvalue weighted by Crippen LogP contribution is -2.32. The van der Waals surface area contributed by atoms with E-state index in [1.807, 2.05) is 24.3 Å². The molecule has 0 heterocycles. The Morgan fingerprint density at radius 2 is 1.64 bits per heavy atom. The van der Waals surface area contributed by atoms with Crippen LogP contribution in [0.5, 0.6) is 0 Å². The average molecular weight is 314 g/mol. The summed E-state index contributed by atoms with van der Waals surface area (Å²) in [6.07, 6.45) is -2.85. The van der Waals surface area contributed by atoms with Crippen LogP contribution in [0.4, 0.5) is 13.6 Å². The van der Waals surface area contributed by atoms with Gasteiger partial charge < -0.3 is 15.4 Å². The van der Waals surface area contributed by atoms with Crippen LogP contribution in [0.1, 0.15) is 38.8 Å². The summed E-state index contributed by atoms with van der Waals surface area (Å²) < 4.78 is 29.9. The largest absolute Gasteiger partial charge is 0.444 e. The molecule has 0 saturated carbocycles. The highest BCUT2D eigenvalue weighted by atomic mass is 19.3. The van der Waals surface area contributed by atoms with Gasteiger partial charge in [-0.15, -0.1) is 0 Å². The number of hydrogen-bond acceptors (Lipinski definition) is 3. The lowest BCUT2D eigenvalue weighted by atomic mass is 10.1. The molecule has 1 amide bonds. The summed E-state index contributed by atoms with van der Waals surface area (Å²) in [7, 11) is 0. The minimum absolute atomic E-state index is 0.357. The van der Waals surface area contributed by atoms with E-state index < -0.39 is 24.2 Å². The topological polar surface area (TPSA) is 50.4 Å². The summed E-state index contributed by atoms with van der Waals surface area (Å²) in [6.45, 7) is 7.59. The zero-order valence-electron chi connectivity index (χ0n) is 13.5. The Kier molecular flexibility index (Phi) is 6.74. The second kappa shape index (κ2) is 8.08. The van der Waals surface area contributed by atoms with E-state index in [1.54, 1.807) is 20.8 Å². The molecule has 1 aromatic carbocycles. The van der Waals surface area contributed by atoms with Gasteiger partial charge in [-0.05, 0) is 38.8 Å². The molecule has 2 N–H and O–H groups in total. The van der Waals surface area contributed by atoms with Crippen LogP contribution in [0.15, 0.2) is 24.3 Å². The van der Waals surface area contributed by atoms with Crippen LogP contribution in [0.2, 0.25) is 0 Å². The van der Waals surface area contributed by atoms with Gasteiger partial charge in [0.1, 0.15) is 5.60 Å². The van der Waals surface area contributed by atoms with Crippen molar-refractivity contribution in [2.24, 2.45) is 0 Å². The Bertz CT molecular complexity index is 470. The van der Waals surface area contributed by atoms with Crippen molar-refractivity contribution in [1.82, 2.24) is 10.6 Å². The number of ether oxygens (including phenoxy) is 1. The number of amides is 1. The highest BCUT2D eigenvalue weighted by molar-refractivity contribution is 5.67. The molecule has 124 valence electrons. The molecule has 4 nitrogen and oxygen atoms in total. The first-order valence-electron chi connectivity index (χ1n) is 7.23. The van der Waals surface area contributed by atoms with E-state index in [9.17, 15) is 13.6 Å². The SMILES string of the molecule is CC(NCc1ccc(CNC(=O)OC(C)(C)C)cc1)C(F)F. The molecule has 0 saturated heterocycles. The first-order valence-corrected chi connectivity index (χ1v) is 7.23. The van der Waals surface area contributed by atoms with E-state index in [-0.39, 0.29) is 0 Å². The number of halogens is 2. The monoisotopic (exact) mass is 314 g/mol. The molecule has 1 atom stereocenters. The quantitative estimate of drug-likeness (QED) is 0.845. The molecule has 0 aliphatic heterocycles. The number of alkyl halides is 2. The predicted octanol–water partition coefficient (Wildman–Crippen LogP) is 3.45. The Hall–Kier alpha value is -1.69. The Labute approximate surface area is 130 Å². The second-order valence-electron chi connectivity index (χ2n) is 6.18. The molecular formula is C16H24F2N2O2. The maximum absolute atomic E-state index is 12.4. The van der Waals surface area contributed by atoms with Crippen molar-refractivity contribution >= 4 is 6.09 Å². The maximum atomic E-state index is 12.4. The van der Waals surface area contributed by atoms with E-state index in [2.05, 4.69) is 10.6 Å². The van der Waals surface area contributed by atoms with Crippen LogP contribution in [-0.4, -0.2) is 24.2 Å². The van der Waals surface area contributed by atoms with Gasteiger partial charge in [-0.1, -0.05) is 24.3 Å². The second-order valence-corrected chi connectivity index (χ2v) is 6.18. The lowest BCUT2D eigenvalue weighted by molar-refractivity contribution is 0.0523. The highest BCUT2D eigenvalue weighted by Crippen LogP contribution is 2.08. The number of carbonyl (C=O) groups is 1. The van der Waals surface area contributed by atoms with Gasteiger partial charge in [-0.2, -0.15) is 0 Å². The van der Waals surface area contributed by atoms with Gasteiger partial charge in [0, 0.05) is 13.1 Å². The van der Waals surface area contributed by atoms with Crippen molar-refractivity contribution in [3.05, 3.63) is 35.4 Å². The fourth-order valence-corrected chi connectivity index (χ4v) is 1.63. The van der Waals surface area contributed by atoms with Gasteiger partial charge >= 0.3 is 6.09 Å². The van der Waals surface area contributed by atoms with E-state index in [1.165, 1.54) is 6.92 Å². The zero-order chi connectivity index (χ0) is 16.8. The Morgan fingerprint density at radius 1 is 1.14 bits per heavy atom. The minimum atomic E-state index is -2.38. The number of hydrogen-bond donors (Lipinski definition) is 2. The highest BCUT2D eigenvalue weighted by Gasteiger charge is 2.15. The maximum Gasteiger partial charge on any atom is 0.407 e. The average Bonchev–Trinajstić information content (AvgIpc) is 2.41. The molecule has 1 rings (SSSR count). The van der Waals surface area contributed by atoms with Crippen molar-refractivity contribution < 1.29 is 18.3 Å². The Morgan fingerprint density at radius 3 is 2.09 bits per heavy atom. The molecule has 22 heavy (non-hydrogen) atoms. The summed E-state index contributed by atoms with van der Waals surface area (Å²) in [5.41, 5.74) is 1.30. The molecule has 1 unspecified atom stereocenters. The van der Waals surface area contributed by atoms with Crippen molar-refractivity contribution in [2.45, 2.75) is 58.9 Å². The van der Waals surface area contributed by atoms with E-state index in [0.29, 0.717) is 13.1 Å². The predicted molar refractivity (Wildman–Crippen MR) is 81.8 cm³/mol. The summed E-state index contributed by atoms with van der Waals surface area (Å²) in [5, 5.41) is 5.42. The van der Waals surface area contributed by atoms with Gasteiger partial charge in [0.25, 0.3) is 6.43 Å². The van der Waals surface area contributed by atoms with E-state index in [0.717, 1.165) is 11.1 Å². The third-order valence-corrected chi connectivity index (χ3v) is 2.86. The summed E-state index contributed by atoms with van der Waals surface area (Å²) in [4.78, 5) is 11.5. The van der Waals surface area contributed by atoms with Crippen LogP contribution in [0.3, 0.4) is 0 Å². The van der Waals surface area contributed by atoms with Crippen LogP contribution in [-0.2, 0) is 17.8 Å². The van der Waals surface area contributed by atoms with Gasteiger partial charge in [0.2, 0.25) is 0 Å². The molecule has 0 spiro atoms. The van der Waals surface area contributed by atoms with Crippen molar-refractivity contribution in [3.63, 3.8) is 0 Å². The fourth-order valence-electron chi connectivity index (χ4n) is 1.63. The van der Waals surface area contributed by atoms with Gasteiger partial charge in [0.15, 0.2) is 0 Å². The minimum Gasteiger partial charge on any atom is -0.444 e. The standard InChI is InChI=1S/C16H24F2N2O2/c1-11(14(17)18)19-9-12-5-7-13(8-6-12)10-20-15(21)22-16(2,3)4/h5-8,11,14,19H,9-10H2,1-4H3,(H,20,21). The summed E-state index contributed by atoms with van der Waals surface area (Å²) in [6, 6.07) is 6.55. The number of nitrogens with one attached hydrogen (secondary N) is 2. The molecule has 1 aromatic rings. The fraction of sp³-hybridized carbons (Fsp3) is 0.562. The van der Waals surface area contributed by atoms with Gasteiger partial charge in [-0.3, -0.25) is 0 Å². The summed E-state index contributed by atoms with van der Waals surface area (Å²) >= 11 is 0. The van der Waals surface area contributed by atoms with Crippen molar-refractivity contribution in [3.8, 4) is 0 Å². The molecule has 6 heteroatoms. The normalized spacial score (nSPS) is 13.0. The van der Waals surface area contributed by atoms with Crippen LogP contribution >= 0.6 is 0 Å². The van der Waals surface area contributed by atoms with Crippen LogP contribution < -0.4 is 10.6 Å². The number of carbonyl (C=O) groups excluding carboxylic acids is 1. The Balaban J connectivity index is 2.40. The molecule has 0 radical (unpaired) electrons. The van der Waals surface area contributed by atoms with Gasteiger partial charge in [0.05, 0.1) is 6.04 Å². The lowest BCUT2D eigenvalue weighted by Gasteiger charge is -2.19. The molecule has 0 aliphatic carbocycles. The van der Waals surface area contributed by atoms with Crippen LogP contribution in [0, 0.1) is 0 Å². The number of alkyl carbamates (subject to hydrolysis) is 1. The smallest absolute Gasteiger partial charge is 0.407 e. The van der Waals surface area contributed by atoms with Crippen molar-refractivity contribution in [1.29, 1.82) is 0 Å². The molecule has 0 aromatic heterocycles. The summed E-state index contributed by atoms with van der Waals surface area (Å²) in [5.74, 6) is 0. The van der Waals surface area contributed by atoms with Crippen LogP contribution in [0.25, 0.3) is 0 Å². The first-order chi connectivity index (χ1) is 10.2. The molecule has 0 fully saturated rings. The van der Waals surface area contributed by atoms with E-state index >= 15 is 0 Å². The zero-order valence-corrected chi connectivity index (χ0v) is 13.5. The molecular weight excluding hydrogens is 290 g/mol.